The number of aliphatic hydroxyl groups excluding tert-OH is 1. The van der Waals surface area contributed by atoms with Crippen LogP contribution in [0.25, 0.3) is 0 Å². The van der Waals surface area contributed by atoms with Crippen molar-refractivity contribution in [1.29, 1.82) is 5.41 Å². The molecule has 0 aromatic carbocycles. The van der Waals surface area contributed by atoms with Gasteiger partial charge in [0.25, 0.3) is 5.19 Å². The van der Waals surface area contributed by atoms with Crippen LogP contribution in [0.4, 0.5) is 0 Å². The Kier molecular flexibility index (Phi) is 2.94. The topological polar surface area (TPSA) is 105 Å². The highest BCUT2D eigenvalue weighted by molar-refractivity contribution is 7.15. The minimum absolute atomic E-state index is 0.0744. The summed E-state index contributed by atoms with van der Waals surface area (Å²) in [6.45, 7) is 0.0987. The van der Waals surface area contributed by atoms with Crippen LogP contribution in [0, 0.1) is 5.41 Å². The molecule has 1 aromatic rings. The summed E-state index contributed by atoms with van der Waals surface area (Å²) in [6.07, 6.45) is 0. The van der Waals surface area contributed by atoms with Crippen molar-refractivity contribution in [2.45, 2.75) is 0 Å². The molecule has 0 unspecified atom stereocenters. The van der Waals surface area contributed by atoms with Crippen molar-refractivity contribution in [2.75, 3.05) is 13.2 Å². The lowest BCUT2D eigenvalue weighted by molar-refractivity contribution is 0.200. The summed E-state index contributed by atoms with van der Waals surface area (Å²) in [5.74, 6) is -0.133. The van der Waals surface area contributed by atoms with Crippen molar-refractivity contribution >= 4 is 17.2 Å². The van der Waals surface area contributed by atoms with E-state index in [1.165, 1.54) is 0 Å². The van der Waals surface area contributed by atoms with E-state index in [4.69, 9.17) is 21.0 Å². The maximum atomic E-state index is 8.41. The lowest BCUT2D eigenvalue weighted by Gasteiger charge is -1.94. The van der Waals surface area contributed by atoms with E-state index in [1.54, 1.807) is 0 Å². The first-order valence-electron chi connectivity index (χ1n) is 3.15. The fraction of sp³-hybridized carbons (Fsp3) is 0.400. The molecule has 0 saturated carbocycles. The number of nitrogen functional groups attached to an aromatic ring is 1. The first-order chi connectivity index (χ1) is 5.74. The van der Waals surface area contributed by atoms with Gasteiger partial charge in [-0.15, -0.1) is 5.10 Å². The van der Waals surface area contributed by atoms with Crippen molar-refractivity contribution in [3.8, 4) is 5.19 Å². The summed E-state index contributed by atoms with van der Waals surface area (Å²) < 4.78 is 4.93. The van der Waals surface area contributed by atoms with E-state index >= 15 is 0 Å². The van der Waals surface area contributed by atoms with Crippen molar-refractivity contribution in [3.63, 3.8) is 0 Å². The Morgan fingerprint density at radius 2 is 2.42 bits per heavy atom. The van der Waals surface area contributed by atoms with Crippen LogP contribution >= 0.6 is 11.3 Å². The van der Waals surface area contributed by atoms with Gasteiger partial charge in [0.15, 0.2) is 10.8 Å². The summed E-state index contributed by atoms with van der Waals surface area (Å²) in [5, 5.41) is 23.2. The van der Waals surface area contributed by atoms with Crippen LogP contribution in [0.1, 0.15) is 5.01 Å². The predicted molar refractivity (Wildman–Crippen MR) is 43.5 cm³/mol. The number of ether oxygens (including phenoxy) is 1. The van der Waals surface area contributed by atoms with Crippen molar-refractivity contribution in [2.24, 2.45) is 5.73 Å². The number of nitrogens with zero attached hydrogens (tertiary/aromatic N) is 2. The van der Waals surface area contributed by atoms with Crippen LogP contribution in [-0.2, 0) is 0 Å². The standard InChI is InChI=1S/C5H8N4O2S/c6-3(7)4-8-9-5(12-4)11-2-1-10/h10H,1-2H2,(H3,6,7). The van der Waals surface area contributed by atoms with E-state index in [1.807, 2.05) is 0 Å². The molecular weight excluding hydrogens is 180 g/mol. The van der Waals surface area contributed by atoms with E-state index < -0.39 is 0 Å². The zero-order valence-electron chi connectivity index (χ0n) is 6.15. The number of rotatable bonds is 4. The second-order valence-electron chi connectivity index (χ2n) is 1.86. The van der Waals surface area contributed by atoms with Gasteiger partial charge in [-0.05, 0) is 0 Å². The molecule has 6 nitrogen and oxygen atoms in total. The highest BCUT2D eigenvalue weighted by atomic mass is 32.1. The first-order valence-corrected chi connectivity index (χ1v) is 3.97. The van der Waals surface area contributed by atoms with Crippen LogP contribution < -0.4 is 10.5 Å². The lowest BCUT2D eigenvalue weighted by atomic mass is 10.7. The Balaban J connectivity index is 2.58. The van der Waals surface area contributed by atoms with E-state index in [9.17, 15) is 0 Å². The van der Waals surface area contributed by atoms with Crippen LogP contribution in [0.15, 0.2) is 0 Å². The number of nitrogens with two attached hydrogens (primary N) is 1. The normalized spacial score (nSPS) is 9.75. The third-order valence-corrected chi connectivity index (χ3v) is 1.82. The molecule has 7 heteroatoms. The highest BCUT2D eigenvalue weighted by Gasteiger charge is 2.06. The second-order valence-corrected chi connectivity index (χ2v) is 2.80. The molecule has 66 valence electrons. The van der Waals surface area contributed by atoms with Gasteiger partial charge in [-0.2, -0.15) is 0 Å². The molecule has 1 heterocycles. The molecule has 0 aliphatic carbocycles. The second kappa shape index (κ2) is 3.98. The third-order valence-electron chi connectivity index (χ3n) is 0.954. The minimum Gasteiger partial charge on any atom is -0.466 e. The Morgan fingerprint density at radius 1 is 1.67 bits per heavy atom. The van der Waals surface area contributed by atoms with Crippen LogP contribution in [0.2, 0.25) is 0 Å². The van der Waals surface area contributed by atoms with Gasteiger partial charge in [-0.1, -0.05) is 16.4 Å². The summed E-state index contributed by atoms with van der Waals surface area (Å²) in [6, 6.07) is 0. The molecule has 0 bridgehead atoms. The van der Waals surface area contributed by atoms with E-state index in [-0.39, 0.29) is 19.0 Å². The molecule has 0 aliphatic rings. The monoisotopic (exact) mass is 188 g/mol. The largest absolute Gasteiger partial charge is 0.466 e. The molecule has 0 saturated heterocycles. The predicted octanol–water partition coefficient (Wildman–Crippen LogP) is -0.807. The van der Waals surface area contributed by atoms with Crippen LogP contribution in [0.3, 0.4) is 0 Å². The van der Waals surface area contributed by atoms with Gasteiger partial charge < -0.3 is 15.6 Å². The summed E-state index contributed by atoms with van der Waals surface area (Å²) in [4.78, 5) is 0. The number of nitrogens with one attached hydrogen (secondary N) is 1. The number of hydrogen-bond donors (Lipinski definition) is 3. The highest BCUT2D eigenvalue weighted by Crippen LogP contribution is 2.16. The average molecular weight is 188 g/mol. The lowest BCUT2D eigenvalue weighted by Crippen LogP contribution is -2.10. The molecule has 0 aliphatic heterocycles. The van der Waals surface area contributed by atoms with Crippen molar-refractivity contribution in [3.05, 3.63) is 5.01 Å². The molecule has 1 rings (SSSR count). The number of aliphatic hydroxyl groups is 1. The van der Waals surface area contributed by atoms with E-state index in [2.05, 4.69) is 10.2 Å². The Morgan fingerprint density at radius 3 is 2.92 bits per heavy atom. The zero-order chi connectivity index (χ0) is 8.97. The molecule has 0 atom stereocenters. The SMILES string of the molecule is N=C(N)c1nnc(OCCO)s1. The smallest absolute Gasteiger partial charge is 0.294 e. The van der Waals surface area contributed by atoms with E-state index in [0.717, 1.165) is 11.3 Å². The molecule has 0 fully saturated rings. The van der Waals surface area contributed by atoms with Crippen molar-refractivity contribution < 1.29 is 9.84 Å². The summed E-state index contributed by atoms with van der Waals surface area (Å²) >= 11 is 1.08. The fourth-order valence-electron chi connectivity index (χ4n) is 0.510. The van der Waals surface area contributed by atoms with Crippen LogP contribution in [0.5, 0.6) is 5.19 Å². The maximum absolute atomic E-state index is 8.41. The first kappa shape index (κ1) is 8.88. The molecule has 0 amide bonds. The molecule has 0 radical (unpaired) electrons. The molecule has 4 N–H and O–H groups in total. The molecule has 0 spiro atoms. The van der Waals surface area contributed by atoms with Gasteiger partial charge in [-0.3, -0.25) is 5.41 Å². The average Bonchev–Trinajstić information content (AvgIpc) is 2.48. The van der Waals surface area contributed by atoms with E-state index in [0.29, 0.717) is 10.2 Å². The Hall–Kier alpha value is -1.21. The van der Waals surface area contributed by atoms with Crippen molar-refractivity contribution in [1.82, 2.24) is 10.2 Å². The van der Waals surface area contributed by atoms with Crippen LogP contribution in [-0.4, -0.2) is 34.4 Å². The number of hydrogen-bond acceptors (Lipinski definition) is 6. The number of amidine groups is 1. The molecule has 12 heavy (non-hydrogen) atoms. The minimum atomic E-state index is -0.133. The van der Waals surface area contributed by atoms with Gasteiger partial charge >= 0.3 is 0 Å². The summed E-state index contributed by atoms with van der Waals surface area (Å²) in [5.41, 5.74) is 5.14. The maximum Gasteiger partial charge on any atom is 0.294 e. The number of aromatic nitrogens is 2. The Labute approximate surface area is 72.5 Å². The molecular formula is C5H8N4O2S. The quantitative estimate of drug-likeness (QED) is 0.423. The zero-order valence-corrected chi connectivity index (χ0v) is 6.97. The van der Waals surface area contributed by atoms with Gasteiger partial charge in [0.1, 0.15) is 6.61 Å². The van der Waals surface area contributed by atoms with Gasteiger partial charge in [0.05, 0.1) is 6.61 Å². The third kappa shape index (κ3) is 2.14. The summed E-state index contributed by atoms with van der Waals surface area (Å²) in [7, 11) is 0. The van der Waals surface area contributed by atoms with Gasteiger partial charge in [0.2, 0.25) is 0 Å². The van der Waals surface area contributed by atoms with Gasteiger partial charge in [-0.25, -0.2) is 0 Å². The van der Waals surface area contributed by atoms with Gasteiger partial charge in [0, 0.05) is 0 Å². The Bertz CT molecular complexity index is 274. The fourth-order valence-corrected chi connectivity index (χ4v) is 1.09. The molecule has 1 aromatic heterocycles.